The number of aryl methyl sites for hydroxylation is 2. The summed E-state index contributed by atoms with van der Waals surface area (Å²) >= 11 is 6.77. The first-order chi connectivity index (χ1) is 13.6. The summed E-state index contributed by atoms with van der Waals surface area (Å²) in [6.45, 7) is 4.64. The van der Waals surface area contributed by atoms with Gasteiger partial charge >= 0.3 is 0 Å². The zero-order chi connectivity index (χ0) is 19.9. The molecule has 3 aromatic rings. The molecule has 0 saturated heterocycles. The van der Waals surface area contributed by atoms with Crippen molar-refractivity contribution in [1.82, 2.24) is 25.0 Å². The minimum atomic E-state index is -0.116. The Hall–Kier alpha value is -2.39. The highest BCUT2D eigenvalue weighted by Gasteiger charge is 2.12. The zero-order valence-electron chi connectivity index (χ0n) is 16.1. The van der Waals surface area contributed by atoms with Crippen LogP contribution in [-0.4, -0.2) is 30.9 Å². The van der Waals surface area contributed by atoms with Crippen LogP contribution in [-0.2, 0) is 17.8 Å². The number of hydrogen-bond donors (Lipinski definition) is 2. The second-order valence-electron chi connectivity index (χ2n) is 6.63. The van der Waals surface area contributed by atoms with Crippen molar-refractivity contribution in [1.29, 1.82) is 0 Å². The van der Waals surface area contributed by atoms with E-state index in [0.717, 1.165) is 29.2 Å². The maximum Gasteiger partial charge on any atom is 0.227 e. The normalized spacial score (nSPS) is 10.9. The van der Waals surface area contributed by atoms with Crippen molar-refractivity contribution in [3.05, 3.63) is 39.6 Å². The van der Waals surface area contributed by atoms with E-state index in [4.69, 9.17) is 12.2 Å². The Morgan fingerprint density at radius 1 is 1.25 bits per heavy atom. The Kier molecular flexibility index (Phi) is 7.05. The second-order valence-corrected chi connectivity index (χ2v) is 8.08. The van der Waals surface area contributed by atoms with Crippen LogP contribution in [0.5, 0.6) is 0 Å². The minimum Gasteiger partial charge on any atom is -0.300 e. The summed E-state index contributed by atoms with van der Waals surface area (Å²) in [7, 11) is 0. The number of nitrogens with one attached hydrogen (secondary N) is 2. The number of carbonyl (C=O) groups is 1. The Morgan fingerprint density at radius 3 is 2.79 bits per heavy atom. The molecule has 0 spiro atoms. The van der Waals surface area contributed by atoms with E-state index in [0.29, 0.717) is 16.4 Å². The van der Waals surface area contributed by atoms with Crippen LogP contribution in [0.25, 0.3) is 11.4 Å². The van der Waals surface area contributed by atoms with E-state index < -0.39 is 0 Å². The van der Waals surface area contributed by atoms with Crippen LogP contribution in [0.2, 0.25) is 0 Å². The van der Waals surface area contributed by atoms with Gasteiger partial charge < -0.3 is 5.32 Å². The summed E-state index contributed by atoms with van der Waals surface area (Å²) in [5.74, 6) is 0.612. The first-order valence-electron chi connectivity index (χ1n) is 9.41. The van der Waals surface area contributed by atoms with E-state index in [9.17, 15) is 4.79 Å². The van der Waals surface area contributed by atoms with Crippen LogP contribution in [0.3, 0.4) is 0 Å². The molecule has 0 aliphatic heterocycles. The fraction of sp³-hybridized carbons (Fsp3) is 0.421. The lowest BCUT2D eigenvalue weighted by molar-refractivity contribution is -0.116. The molecule has 3 rings (SSSR count). The molecule has 7 nitrogen and oxygen atoms in total. The molecule has 0 unspecified atom stereocenters. The molecule has 2 N–H and O–H groups in total. The van der Waals surface area contributed by atoms with Crippen LogP contribution in [0.4, 0.5) is 5.13 Å². The highest BCUT2D eigenvalue weighted by Crippen LogP contribution is 2.20. The molecular weight excluding hydrogens is 392 g/mol. The lowest BCUT2D eigenvalue weighted by Gasteiger charge is -2.07. The molecule has 2 aromatic heterocycles. The number of anilines is 1. The van der Waals surface area contributed by atoms with Gasteiger partial charge in [-0.25, -0.2) is 0 Å². The molecule has 0 aliphatic rings. The highest BCUT2D eigenvalue weighted by molar-refractivity contribution is 7.71. The number of hydrogen-bond acceptors (Lipinski definition) is 6. The molecule has 0 atom stereocenters. The average molecular weight is 417 g/mol. The Morgan fingerprint density at radius 2 is 2.04 bits per heavy atom. The van der Waals surface area contributed by atoms with Gasteiger partial charge in [-0.2, -0.15) is 5.10 Å². The SMILES string of the molecule is CCCCCc1nnc(NC(=O)CCn2c(-c3ccc(C)cc3)n[nH]c2=S)s1. The van der Waals surface area contributed by atoms with E-state index in [1.165, 1.54) is 29.7 Å². The number of carbonyl (C=O) groups excluding carboxylic acids is 1. The Bertz CT molecular complexity index is 973. The molecule has 0 bridgehead atoms. The van der Waals surface area contributed by atoms with E-state index in [1.807, 2.05) is 35.8 Å². The maximum absolute atomic E-state index is 12.3. The standard InChI is InChI=1S/C19H24N6OS2/c1-3-4-5-6-16-21-23-18(28-16)20-15(26)11-12-25-17(22-24-19(25)27)14-9-7-13(2)8-10-14/h7-10H,3-6,11-12H2,1-2H3,(H,24,27)(H,20,23,26). The van der Waals surface area contributed by atoms with Gasteiger partial charge in [-0.15, -0.1) is 10.2 Å². The van der Waals surface area contributed by atoms with Gasteiger partial charge in [-0.05, 0) is 25.6 Å². The van der Waals surface area contributed by atoms with Gasteiger partial charge in [0.25, 0.3) is 0 Å². The molecule has 0 radical (unpaired) electrons. The fourth-order valence-electron chi connectivity index (χ4n) is 2.77. The van der Waals surface area contributed by atoms with Crippen molar-refractivity contribution >= 4 is 34.6 Å². The molecule has 1 aromatic carbocycles. The Balaban J connectivity index is 1.59. The molecule has 1 amide bonds. The summed E-state index contributed by atoms with van der Waals surface area (Å²) in [5.41, 5.74) is 2.13. The number of nitrogens with zero attached hydrogens (tertiary/aromatic N) is 4. The van der Waals surface area contributed by atoms with Crippen LogP contribution < -0.4 is 5.32 Å². The third-order valence-electron chi connectivity index (χ3n) is 4.34. The van der Waals surface area contributed by atoms with Gasteiger partial charge in [-0.3, -0.25) is 14.5 Å². The summed E-state index contributed by atoms with van der Waals surface area (Å²) in [5, 5.41) is 19.7. The van der Waals surface area contributed by atoms with Crippen molar-refractivity contribution in [3.63, 3.8) is 0 Å². The van der Waals surface area contributed by atoms with E-state index >= 15 is 0 Å². The molecule has 0 aliphatic carbocycles. The first-order valence-corrected chi connectivity index (χ1v) is 10.6. The van der Waals surface area contributed by atoms with Gasteiger partial charge in [0, 0.05) is 24.9 Å². The van der Waals surface area contributed by atoms with Crippen molar-refractivity contribution in [2.75, 3.05) is 5.32 Å². The number of aromatic nitrogens is 5. The molecule has 28 heavy (non-hydrogen) atoms. The van der Waals surface area contributed by atoms with E-state index in [2.05, 4.69) is 32.6 Å². The predicted molar refractivity (Wildman–Crippen MR) is 114 cm³/mol. The topological polar surface area (TPSA) is 88.5 Å². The zero-order valence-corrected chi connectivity index (χ0v) is 17.7. The van der Waals surface area contributed by atoms with Crippen LogP contribution in [0.1, 0.15) is 43.2 Å². The number of rotatable bonds is 9. The summed E-state index contributed by atoms with van der Waals surface area (Å²) in [6.07, 6.45) is 4.63. The van der Waals surface area contributed by atoms with E-state index in [-0.39, 0.29) is 12.3 Å². The fourth-order valence-corrected chi connectivity index (χ4v) is 3.80. The lowest BCUT2D eigenvalue weighted by atomic mass is 10.1. The number of amides is 1. The molecular formula is C19H24N6OS2. The van der Waals surface area contributed by atoms with Gasteiger partial charge in [-0.1, -0.05) is 60.9 Å². The molecule has 148 valence electrons. The highest BCUT2D eigenvalue weighted by atomic mass is 32.1. The van der Waals surface area contributed by atoms with Gasteiger partial charge in [0.2, 0.25) is 11.0 Å². The first kappa shape index (κ1) is 20.3. The van der Waals surface area contributed by atoms with Crippen molar-refractivity contribution < 1.29 is 4.79 Å². The van der Waals surface area contributed by atoms with Crippen LogP contribution in [0.15, 0.2) is 24.3 Å². The molecule has 2 heterocycles. The number of benzene rings is 1. The van der Waals surface area contributed by atoms with Gasteiger partial charge in [0.1, 0.15) is 5.01 Å². The van der Waals surface area contributed by atoms with Crippen molar-refractivity contribution in [3.8, 4) is 11.4 Å². The molecule has 0 saturated carbocycles. The smallest absolute Gasteiger partial charge is 0.227 e. The van der Waals surface area contributed by atoms with Gasteiger partial charge in [0.15, 0.2) is 10.6 Å². The monoisotopic (exact) mass is 416 g/mol. The van der Waals surface area contributed by atoms with Crippen molar-refractivity contribution in [2.24, 2.45) is 0 Å². The maximum atomic E-state index is 12.3. The minimum absolute atomic E-state index is 0.116. The number of aromatic amines is 1. The number of H-pyrrole nitrogens is 1. The predicted octanol–water partition coefficient (Wildman–Crippen LogP) is 4.53. The molecule has 0 fully saturated rings. The van der Waals surface area contributed by atoms with E-state index in [1.54, 1.807) is 0 Å². The second kappa shape index (κ2) is 9.70. The van der Waals surface area contributed by atoms with Crippen molar-refractivity contribution in [2.45, 2.75) is 52.5 Å². The quantitative estimate of drug-likeness (QED) is 0.395. The average Bonchev–Trinajstić information content (AvgIpc) is 3.27. The Labute approximate surface area is 173 Å². The van der Waals surface area contributed by atoms with Crippen LogP contribution >= 0.6 is 23.6 Å². The van der Waals surface area contributed by atoms with Gasteiger partial charge in [0.05, 0.1) is 0 Å². The number of unbranched alkanes of at least 4 members (excludes halogenated alkanes) is 2. The largest absolute Gasteiger partial charge is 0.300 e. The lowest BCUT2D eigenvalue weighted by Crippen LogP contribution is -2.15. The third-order valence-corrected chi connectivity index (χ3v) is 5.55. The van der Waals surface area contributed by atoms with Crippen LogP contribution in [0, 0.1) is 11.7 Å². The summed E-state index contributed by atoms with van der Waals surface area (Å²) in [6, 6.07) is 8.05. The third kappa shape index (κ3) is 5.32. The summed E-state index contributed by atoms with van der Waals surface area (Å²) in [4.78, 5) is 12.3. The molecule has 9 heteroatoms. The summed E-state index contributed by atoms with van der Waals surface area (Å²) < 4.78 is 2.34.